The molecule has 0 radical (unpaired) electrons. The van der Waals surface area contributed by atoms with Crippen LogP contribution in [0.15, 0.2) is 12.2 Å². The Balaban J connectivity index is 1.62. The molecule has 3 rings (SSSR count). The molecular formula is C14H19NO4. The van der Waals surface area contributed by atoms with Crippen molar-refractivity contribution in [3.8, 4) is 0 Å². The van der Waals surface area contributed by atoms with Crippen LogP contribution in [-0.2, 0) is 14.3 Å². The van der Waals surface area contributed by atoms with Crippen molar-refractivity contribution in [1.29, 1.82) is 0 Å². The molecule has 1 saturated heterocycles. The molecule has 1 saturated carbocycles. The highest BCUT2D eigenvalue weighted by atomic mass is 16.5. The topological polar surface area (TPSA) is 75.6 Å². The second-order valence-corrected chi connectivity index (χ2v) is 5.72. The highest BCUT2D eigenvalue weighted by Crippen LogP contribution is 2.48. The molecule has 3 aliphatic rings. The van der Waals surface area contributed by atoms with E-state index in [1.54, 1.807) is 0 Å². The van der Waals surface area contributed by atoms with Gasteiger partial charge in [-0.05, 0) is 31.1 Å². The summed E-state index contributed by atoms with van der Waals surface area (Å²) in [5, 5.41) is 12.2. The minimum Gasteiger partial charge on any atom is -0.481 e. The van der Waals surface area contributed by atoms with Crippen molar-refractivity contribution >= 4 is 11.9 Å². The van der Waals surface area contributed by atoms with Crippen LogP contribution in [0.5, 0.6) is 0 Å². The lowest BCUT2D eigenvalue weighted by atomic mass is 9.82. The predicted molar refractivity (Wildman–Crippen MR) is 67.3 cm³/mol. The van der Waals surface area contributed by atoms with E-state index in [1.807, 2.05) is 12.2 Å². The second kappa shape index (κ2) is 4.96. The third-order valence-corrected chi connectivity index (χ3v) is 4.58. The molecule has 2 N–H and O–H groups in total. The van der Waals surface area contributed by atoms with Gasteiger partial charge in [0.25, 0.3) is 0 Å². The zero-order chi connectivity index (χ0) is 13.4. The summed E-state index contributed by atoms with van der Waals surface area (Å²) in [4.78, 5) is 23.6. The molecule has 0 unspecified atom stereocenters. The molecule has 104 valence electrons. The fourth-order valence-electron chi connectivity index (χ4n) is 3.65. The molecule has 2 bridgehead atoms. The van der Waals surface area contributed by atoms with Crippen LogP contribution < -0.4 is 5.32 Å². The SMILES string of the molecule is O=C(O)[C@H]1[C@H](C(=O)NC[C@H]2CCCO2)[C@H]2C=C[C@H]1C2. The summed E-state index contributed by atoms with van der Waals surface area (Å²) < 4.78 is 5.46. The van der Waals surface area contributed by atoms with Gasteiger partial charge in [0.1, 0.15) is 0 Å². The molecule has 0 spiro atoms. The molecule has 2 fully saturated rings. The van der Waals surface area contributed by atoms with Crippen molar-refractivity contribution in [2.75, 3.05) is 13.2 Å². The first-order chi connectivity index (χ1) is 9.16. The molecule has 5 atom stereocenters. The number of allylic oxidation sites excluding steroid dienone is 2. The summed E-state index contributed by atoms with van der Waals surface area (Å²) in [6, 6.07) is 0. The number of ether oxygens (including phenoxy) is 1. The van der Waals surface area contributed by atoms with E-state index in [0.717, 1.165) is 25.9 Å². The monoisotopic (exact) mass is 265 g/mol. The lowest BCUT2D eigenvalue weighted by molar-refractivity contribution is -0.147. The maximum atomic E-state index is 12.2. The molecule has 0 aromatic heterocycles. The minimum atomic E-state index is -0.853. The smallest absolute Gasteiger partial charge is 0.307 e. The molecule has 0 aromatic carbocycles. The molecule has 2 aliphatic carbocycles. The van der Waals surface area contributed by atoms with Gasteiger partial charge in [-0.2, -0.15) is 0 Å². The fourth-order valence-corrected chi connectivity index (χ4v) is 3.65. The normalized spacial score (nSPS) is 39.7. The van der Waals surface area contributed by atoms with Gasteiger partial charge in [0.2, 0.25) is 5.91 Å². The average molecular weight is 265 g/mol. The van der Waals surface area contributed by atoms with Crippen LogP contribution in [0, 0.1) is 23.7 Å². The first kappa shape index (κ1) is 12.7. The van der Waals surface area contributed by atoms with Gasteiger partial charge in [0.05, 0.1) is 17.9 Å². The van der Waals surface area contributed by atoms with E-state index in [2.05, 4.69) is 5.32 Å². The Kier molecular flexibility index (Phi) is 3.31. The Morgan fingerprint density at radius 3 is 2.63 bits per heavy atom. The number of hydrogen-bond acceptors (Lipinski definition) is 3. The number of nitrogens with one attached hydrogen (secondary N) is 1. The standard InChI is InChI=1S/C14H19NO4/c16-13(15-7-10-2-1-5-19-10)11-8-3-4-9(6-8)12(11)14(17)18/h3-4,8-12H,1-2,5-7H2,(H,15,16)(H,17,18)/t8-,9-,10+,11+,12+/m0/s1. The van der Waals surface area contributed by atoms with Crippen LogP contribution in [0.25, 0.3) is 0 Å². The molecule has 1 aliphatic heterocycles. The number of carbonyl (C=O) groups excluding carboxylic acids is 1. The Morgan fingerprint density at radius 2 is 2.00 bits per heavy atom. The van der Waals surface area contributed by atoms with Crippen molar-refractivity contribution in [2.45, 2.75) is 25.4 Å². The highest BCUT2D eigenvalue weighted by Gasteiger charge is 2.51. The fraction of sp³-hybridized carbons (Fsp3) is 0.714. The van der Waals surface area contributed by atoms with E-state index >= 15 is 0 Å². The van der Waals surface area contributed by atoms with Crippen LogP contribution in [0.3, 0.4) is 0 Å². The largest absolute Gasteiger partial charge is 0.481 e. The number of carboxylic acids is 1. The van der Waals surface area contributed by atoms with Gasteiger partial charge in [0, 0.05) is 13.2 Å². The summed E-state index contributed by atoms with van der Waals surface area (Å²) in [5.74, 6) is -1.82. The molecule has 19 heavy (non-hydrogen) atoms. The maximum absolute atomic E-state index is 12.2. The third-order valence-electron chi connectivity index (χ3n) is 4.58. The van der Waals surface area contributed by atoms with Crippen molar-refractivity contribution in [1.82, 2.24) is 5.32 Å². The number of carbonyl (C=O) groups is 2. The van der Waals surface area contributed by atoms with Crippen molar-refractivity contribution in [2.24, 2.45) is 23.7 Å². The Hall–Kier alpha value is -1.36. The van der Waals surface area contributed by atoms with Crippen LogP contribution in [0.2, 0.25) is 0 Å². The summed E-state index contributed by atoms with van der Waals surface area (Å²) in [6.07, 6.45) is 6.86. The molecule has 5 nitrogen and oxygen atoms in total. The van der Waals surface area contributed by atoms with Gasteiger partial charge in [-0.1, -0.05) is 12.2 Å². The average Bonchev–Trinajstić information content (AvgIpc) is 3.10. The van der Waals surface area contributed by atoms with Crippen molar-refractivity contribution in [3.63, 3.8) is 0 Å². The Morgan fingerprint density at radius 1 is 1.26 bits per heavy atom. The van der Waals surface area contributed by atoms with Crippen molar-refractivity contribution < 1.29 is 19.4 Å². The van der Waals surface area contributed by atoms with Crippen LogP contribution >= 0.6 is 0 Å². The maximum Gasteiger partial charge on any atom is 0.307 e. The number of hydrogen-bond donors (Lipinski definition) is 2. The number of rotatable bonds is 4. The van der Waals surface area contributed by atoms with Crippen LogP contribution in [-0.4, -0.2) is 36.2 Å². The van der Waals surface area contributed by atoms with Gasteiger partial charge in [-0.25, -0.2) is 0 Å². The van der Waals surface area contributed by atoms with Gasteiger partial charge in [-0.3, -0.25) is 9.59 Å². The van der Waals surface area contributed by atoms with Gasteiger partial charge < -0.3 is 15.2 Å². The summed E-state index contributed by atoms with van der Waals surface area (Å²) >= 11 is 0. The predicted octanol–water partition coefficient (Wildman–Crippen LogP) is 0.804. The highest BCUT2D eigenvalue weighted by molar-refractivity contribution is 5.86. The zero-order valence-electron chi connectivity index (χ0n) is 10.7. The lowest BCUT2D eigenvalue weighted by Crippen LogP contribution is -2.42. The van der Waals surface area contributed by atoms with Gasteiger partial charge in [-0.15, -0.1) is 0 Å². The van der Waals surface area contributed by atoms with E-state index in [9.17, 15) is 14.7 Å². The Labute approximate surface area is 112 Å². The Bertz CT molecular complexity index is 414. The third kappa shape index (κ3) is 2.27. The van der Waals surface area contributed by atoms with Gasteiger partial charge >= 0.3 is 5.97 Å². The molecular weight excluding hydrogens is 246 g/mol. The minimum absolute atomic E-state index is 0.0287. The summed E-state index contributed by atoms with van der Waals surface area (Å²) in [7, 11) is 0. The number of fused-ring (bicyclic) bond motifs is 2. The number of carboxylic acid groups (broad SMARTS) is 1. The lowest BCUT2D eigenvalue weighted by Gasteiger charge is -2.24. The molecule has 5 heteroatoms. The molecule has 1 heterocycles. The number of aliphatic carboxylic acids is 1. The zero-order valence-corrected chi connectivity index (χ0v) is 10.7. The van der Waals surface area contributed by atoms with Crippen LogP contribution in [0.1, 0.15) is 19.3 Å². The van der Waals surface area contributed by atoms with E-state index in [1.165, 1.54) is 0 Å². The van der Waals surface area contributed by atoms with Crippen molar-refractivity contribution in [3.05, 3.63) is 12.2 Å². The number of amides is 1. The molecule has 0 aromatic rings. The van der Waals surface area contributed by atoms with E-state index < -0.39 is 17.8 Å². The summed E-state index contributed by atoms with van der Waals surface area (Å²) in [6.45, 7) is 1.26. The summed E-state index contributed by atoms with van der Waals surface area (Å²) in [5.41, 5.74) is 0. The van der Waals surface area contributed by atoms with E-state index in [-0.39, 0.29) is 23.8 Å². The van der Waals surface area contributed by atoms with Crippen LogP contribution in [0.4, 0.5) is 0 Å². The van der Waals surface area contributed by atoms with Gasteiger partial charge in [0.15, 0.2) is 0 Å². The first-order valence-electron chi connectivity index (χ1n) is 6.97. The first-order valence-corrected chi connectivity index (χ1v) is 6.97. The van der Waals surface area contributed by atoms with E-state index in [0.29, 0.717) is 6.54 Å². The molecule has 1 amide bonds. The quantitative estimate of drug-likeness (QED) is 0.737. The second-order valence-electron chi connectivity index (χ2n) is 5.72. The van der Waals surface area contributed by atoms with E-state index in [4.69, 9.17) is 4.74 Å².